The number of rotatable bonds is 2. The first-order valence-electron chi connectivity index (χ1n) is 5.99. The van der Waals surface area contributed by atoms with Gasteiger partial charge in [-0.3, -0.25) is 4.79 Å². The average molecular weight is 287 g/mol. The van der Waals surface area contributed by atoms with E-state index in [1.54, 1.807) is 18.2 Å². The number of alkyl halides is 3. The first-order valence-corrected chi connectivity index (χ1v) is 5.99. The highest BCUT2D eigenvalue weighted by Crippen LogP contribution is 2.32. The van der Waals surface area contributed by atoms with E-state index in [1.165, 1.54) is 6.07 Å². The first kappa shape index (κ1) is 14.4. The Morgan fingerprint density at radius 3 is 2.50 bits per heavy atom. The summed E-state index contributed by atoms with van der Waals surface area (Å²) in [6.45, 7) is -0.125. The van der Waals surface area contributed by atoms with Crippen LogP contribution in [0.4, 0.5) is 13.2 Å². The number of amides is 1. The number of benzene rings is 1. The summed E-state index contributed by atoms with van der Waals surface area (Å²) >= 11 is 0. The van der Waals surface area contributed by atoms with Crippen LogP contribution in [0.25, 0.3) is 0 Å². The van der Waals surface area contributed by atoms with E-state index >= 15 is 0 Å². The number of hydrogen-bond donors (Lipinski definition) is 1. The smallest absolute Gasteiger partial charge is 0.471 e. The fourth-order valence-electron chi connectivity index (χ4n) is 2.43. The van der Waals surface area contributed by atoms with E-state index in [4.69, 9.17) is 5.11 Å². The zero-order valence-corrected chi connectivity index (χ0v) is 10.4. The van der Waals surface area contributed by atoms with Crippen molar-refractivity contribution in [3.63, 3.8) is 0 Å². The van der Waals surface area contributed by atoms with E-state index in [1.807, 2.05) is 0 Å². The van der Waals surface area contributed by atoms with Gasteiger partial charge in [-0.05, 0) is 18.1 Å². The quantitative estimate of drug-likeness (QED) is 0.907. The highest BCUT2D eigenvalue weighted by atomic mass is 19.4. The molecule has 0 aliphatic carbocycles. The van der Waals surface area contributed by atoms with Gasteiger partial charge in [0, 0.05) is 19.0 Å². The molecule has 1 amide bonds. The largest absolute Gasteiger partial charge is 0.478 e. The molecule has 4 nitrogen and oxygen atoms in total. The highest BCUT2D eigenvalue weighted by molar-refractivity contribution is 5.89. The van der Waals surface area contributed by atoms with Gasteiger partial charge >= 0.3 is 18.1 Å². The summed E-state index contributed by atoms with van der Waals surface area (Å²) in [6, 6.07) is 6.18. The van der Waals surface area contributed by atoms with E-state index in [2.05, 4.69) is 0 Å². The average Bonchev–Trinajstić information content (AvgIpc) is 2.86. The van der Waals surface area contributed by atoms with Crippen LogP contribution in [0.15, 0.2) is 24.3 Å². The number of likely N-dealkylation sites (tertiary alicyclic amines) is 1. The SMILES string of the molecule is O=C(O)c1ccccc1C1CCN(C(=O)C(F)(F)F)C1. The molecule has 2 rings (SSSR count). The van der Waals surface area contributed by atoms with E-state index in [0.29, 0.717) is 12.0 Å². The highest BCUT2D eigenvalue weighted by Gasteiger charge is 2.44. The lowest BCUT2D eigenvalue weighted by atomic mass is 9.93. The third-order valence-electron chi connectivity index (χ3n) is 3.35. The molecule has 7 heteroatoms. The zero-order valence-electron chi connectivity index (χ0n) is 10.4. The first-order chi connectivity index (χ1) is 9.30. The maximum Gasteiger partial charge on any atom is 0.471 e. The molecule has 0 bridgehead atoms. The molecular formula is C13H12F3NO3. The van der Waals surface area contributed by atoms with Gasteiger partial charge in [0.25, 0.3) is 0 Å². The standard InChI is InChI=1S/C13H12F3NO3/c14-13(15,16)12(20)17-6-5-8(7-17)9-3-1-2-4-10(9)11(18)19/h1-4,8H,5-7H2,(H,18,19). The van der Waals surface area contributed by atoms with E-state index in [9.17, 15) is 22.8 Å². The van der Waals surface area contributed by atoms with Gasteiger partial charge in [0.2, 0.25) is 0 Å². The monoisotopic (exact) mass is 287 g/mol. The van der Waals surface area contributed by atoms with Crippen molar-refractivity contribution in [2.75, 3.05) is 13.1 Å². The van der Waals surface area contributed by atoms with Gasteiger partial charge < -0.3 is 10.0 Å². The van der Waals surface area contributed by atoms with Gasteiger partial charge in [0.15, 0.2) is 0 Å². The van der Waals surface area contributed by atoms with E-state index < -0.39 is 18.1 Å². The van der Waals surface area contributed by atoms with Crippen LogP contribution in [0.1, 0.15) is 28.3 Å². The normalized spacial score (nSPS) is 19.1. The molecule has 1 fully saturated rings. The van der Waals surface area contributed by atoms with Crippen molar-refractivity contribution in [3.8, 4) is 0 Å². The van der Waals surface area contributed by atoms with E-state index in [-0.39, 0.29) is 24.6 Å². The number of carbonyl (C=O) groups excluding carboxylic acids is 1. The van der Waals surface area contributed by atoms with Gasteiger partial charge in [-0.2, -0.15) is 13.2 Å². The third-order valence-corrected chi connectivity index (χ3v) is 3.35. The van der Waals surface area contributed by atoms with Crippen LogP contribution in [-0.2, 0) is 4.79 Å². The topological polar surface area (TPSA) is 57.6 Å². The number of nitrogens with zero attached hydrogens (tertiary/aromatic N) is 1. The lowest BCUT2D eigenvalue weighted by Crippen LogP contribution is -2.39. The second-order valence-corrected chi connectivity index (χ2v) is 4.63. The summed E-state index contributed by atoms with van der Waals surface area (Å²) in [5, 5.41) is 9.07. The molecular weight excluding hydrogens is 275 g/mol. The van der Waals surface area contributed by atoms with Crippen molar-refractivity contribution in [1.82, 2.24) is 4.90 Å². The Balaban J connectivity index is 2.18. The summed E-state index contributed by atoms with van der Waals surface area (Å²) < 4.78 is 37.1. The molecule has 1 unspecified atom stereocenters. The predicted octanol–water partition coefficient (Wildman–Crippen LogP) is 2.26. The Morgan fingerprint density at radius 1 is 1.25 bits per heavy atom. The van der Waals surface area contributed by atoms with Crippen LogP contribution in [0, 0.1) is 0 Å². The van der Waals surface area contributed by atoms with Crippen molar-refractivity contribution < 1.29 is 27.9 Å². The number of halogens is 3. The molecule has 0 spiro atoms. The maximum absolute atomic E-state index is 12.4. The summed E-state index contributed by atoms with van der Waals surface area (Å²) in [4.78, 5) is 23.0. The number of carboxylic acids is 1. The van der Waals surface area contributed by atoms with Crippen molar-refractivity contribution in [1.29, 1.82) is 0 Å². The summed E-state index contributed by atoms with van der Waals surface area (Å²) in [7, 11) is 0. The minimum Gasteiger partial charge on any atom is -0.478 e. The summed E-state index contributed by atoms with van der Waals surface area (Å²) in [6.07, 6.45) is -4.56. The molecule has 1 aromatic carbocycles. The summed E-state index contributed by atoms with van der Waals surface area (Å²) in [5.74, 6) is -3.37. The lowest BCUT2D eigenvalue weighted by Gasteiger charge is -2.18. The van der Waals surface area contributed by atoms with Crippen LogP contribution < -0.4 is 0 Å². The molecule has 0 saturated carbocycles. The molecule has 1 N–H and O–H groups in total. The summed E-state index contributed by atoms with van der Waals surface area (Å²) in [5.41, 5.74) is 0.538. The Labute approximate surface area is 112 Å². The van der Waals surface area contributed by atoms with Gasteiger partial charge in [0.1, 0.15) is 0 Å². The molecule has 1 aromatic rings. The molecule has 1 aliphatic heterocycles. The number of carbonyl (C=O) groups is 2. The molecule has 108 valence electrons. The van der Waals surface area contributed by atoms with Crippen LogP contribution in [-0.4, -0.2) is 41.1 Å². The van der Waals surface area contributed by atoms with Gasteiger partial charge in [-0.15, -0.1) is 0 Å². The van der Waals surface area contributed by atoms with Crippen molar-refractivity contribution in [3.05, 3.63) is 35.4 Å². The van der Waals surface area contributed by atoms with Crippen molar-refractivity contribution in [2.45, 2.75) is 18.5 Å². The molecule has 1 atom stereocenters. The third kappa shape index (κ3) is 2.76. The molecule has 0 aromatic heterocycles. The number of hydrogen-bond acceptors (Lipinski definition) is 2. The van der Waals surface area contributed by atoms with Crippen LogP contribution in [0.5, 0.6) is 0 Å². The zero-order chi connectivity index (χ0) is 14.9. The van der Waals surface area contributed by atoms with Crippen LogP contribution in [0.3, 0.4) is 0 Å². The fourth-order valence-corrected chi connectivity index (χ4v) is 2.43. The maximum atomic E-state index is 12.4. The minimum absolute atomic E-state index is 0.0169. The second-order valence-electron chi connectivity index (χ2n) is 4.63. The molecule has 1 heterocycles. The molecule has 1 saturated heterocycles. The van der Waals surface area contributed by atoms with Crippen LogP contribution in [0.2, 0.25) is 0 Å². The lowest BCUT2D eigenvalue weighted by molar-refractivity contribution is -0.184. The van der Waals surface area contributed by atoms with E-state index in [0.717, 1.165) is 4.90 Å². The van der Waals surface area contributed by atoms with Crippen LogP contribution >= 0.6 is 0 Å². The Hall–Kier alpha value is -2.05. The number of aromatic carboxylic acids is 1. The Morgan fingerprint density at radius 2 is 1.90 bits per heavy atom. The van der Waals surface area contributed by atoms with Crippen molar-refractivity contribution in [2.24, 2.45) is 0 Å². The van der Waals surface area contributed by atoms with Gasteiger partial charge in [-0.1, -0.05) is 18.2 Å². The molecule has 0 radical (unpaired) electrons. The Kier molecular flexibility index (Phi) is 3.69. The fraction of sp³-hybridized carbons (Fsp3) is 0.385. The minimum atomic E-state index is -4.89. The number of carboxylic acid groups (broad SMARTS) is 1. The Bertz CT molecular complexity index is 542. The van der Waals surface area contributed by atoms with Crippen molar-refractivity contribution >= 4 is 11.9 Å². The van der Waals surface area contributed by atoms with Gasteiger partial charge in [-0.25, -0.2) is 4.79 Å². The second kappa shape index (κ2) is 5.15. The van der Waals surface area contributed by atoms with Gasteiger partial charge in [0.05, 0.1) is 5.56 Å². The predicted molar refractivity (Wildman–Crippen MR) is 63.4 cm³/mol. The molecule has 20 heavy (non-hydrogen) atoms. The molecule has 1 aliphatic rings.